The fraction of sp³-hybridized carbons (Fsp3) is 0.977. The molecule has 0 radical (unpaired) electrons. The van der Waals surface area contributed by atoms with Gasteiger partial charge in [-0.05, 0) is 12.8 Å². The summed E-state index contributed by atoms with van der Waals surface area (Å²) in [6.07, 6.45) is 92.9. The average molecular weight is 1380 g/mol. The number of primary amides is 1. The molecule has 0 bridgehead atoms. The molecule has 0 rings (SSSR count). The first-order chi connectivity index (χ1) is 44.8. The van der Waals surface area contributed by atoms with Crippen LogP contribution in [-0.2, 0) is 4.79 Å². The van der Waals surface area contributed by atoms with Gasteiger partial charge < -0.3 is 5.73 Å². The largest absolute Gasteiger partial charge is 0.351 e. The Kier molecular flexibility index (Phi) is 141. The standard InChI is InChI=1S/8C10H22.C7H13BrN2O2/c8*1-3-5-7-9-10-8-6-4-2;1-3-7(8,4-2)5(11)10-6(9)12/h8*3-10H2,1-2H3;3-4H2,1-2H3,(H3,9,10,11,12). The third kappa shape index (κ3) is 137. The minimum Gasteiger partial charge on any atom is -0.351 e. The summed E-state index contributed by atoms with van der Waals surface area (Å²) in [5, 5.41) is 2.04. The fourth-order valence-electron chi connectivity index (χ4n) is 10.5. The van der Waals surface area contributed by atoms with Gasteiger partial charge in [0.1, 0.15) is 4.32 Å². The molecule has 92 heavy (non-hydrogen) atoms. The number of hydrogen-bond donors (Lipinski definition) is 2. The lowest BCUT2D eigenvalue weighted by Crippen LogP contribution is -2.46. The number of amides is 3. The first-order valence-corrected chi connectivity index (χ1v) is 43.9. The second-order valence-corrected chi connectivity index (χ2v) is 29.0. The molecule has 4 nitrogen and oxygen atoms in total. The number of rotatable bonds is 59. The monoisotopic (exact) mass is 1370 g/mol. The fourth-order valence-corrected chi connectivity index (χ4v) is 10.6. The highest BCUT2D eigenvalue weighted by atomic mass is 79.9. The minimum atomic E-state index is -0.814. The van der Waals surface area contributed by atoms with Gasteiger partial charge in [0.15, 0.2) is 0 Å². The number of imide groups is 1. The Hall–Kier alpha value is -0.580. The van der Waals surface area contributed by atoms with Crippen LogP contribution in [0.3, 0.4) is 0 Å². The van der Waals surface area contributed by atoms with Gasteiger partial charge in [-0.2, -0.15) is 0 Å². The molecule has 5 heteroatoms. The molecule has 0 aliphatic carbocycles. The molecule has 0 aromatic carbocycles. The molecule has 0 spiro atoms. The Labute approximate surface area is 597 Å². The van der Waals surface area contributed by atoms with E-state index in [0.29, 0.717) is 12.8 Å². The van der Waals surface area contributed by atoms with Crippen molar-refractivity contribution in [3.05, 3.63) is 0 Å². The molecule has 566 valence electrons. The van der Waals surface area contributed by atoms with Crippen molar-refractivity contribution in [2.75, 3.05) is 0 Å². The van der Waals surface area contributed by atoms with Crippen LogP contribution in [0.2, 0.25) is 0 Å². The molecule has 0 aromatic rings. The summed E-state index contributed by atoms with van der Waals surface area (Å²) in [4.78, 5) is 21.6. The Morgan fingerprint density at radius 3 is 0.359 bits per heavy atom. The number of unbranched alkanes of at least 4 members (excludes halogenated alkanes) is 56. The zero-order chi connectivity index (χ0) is 71.0. The number of halogens is 1. The van der Waals surface area contributed by atoms with E-state index in [9.17, 15) is 9.59 Å². The Balaban J connectivity index is -0.000000120. The molecule has 0 atom stereocenters. The van der Waals surface area contributed by atoms with Gasteiger partial charge in [-0.25, -0.2) is 4.79 Å². The Morgan fingerprint density at radius 2 is 0.293 bits per heavy atom. The van der Waals surface area contributed by atoms with Gasteiger partial charge in [0, 0.05) is 0 Å². The van der Waals surface area contributed by atoms with Gasteiger partial charge in [0.25, 0.3) is 0 Å². The lowest BCUT2D eigenvalue weighted by Gasteiger charge is -2.21. The first-order valence-electron chi connectivity index (χ1n) is 43.1. The predicted molar refractivity (Wildman–Crippen MR) is 436 cm³/mol. The highest BCUT2D eigenvalue weighted by Crippen LogP contribution is 2.26. The topological polar surface area (TPSA) is 72.2 Å². The van der Waals surface area contributed by atoms with Gasteiger partial charge in [0.05, 0.1) is 0 Å². The van der Waals surface area contributed by atoms with Gasteiger partial charge in [0.2, 0.25) is 5.91 Å². The normalized spacial score (nSPS) is 10.3. The quantitative estimate of drug-likeness (QED) is 0.0470. The van der Waals surface area contributed by atoms with Crippen molar-refractivity contribution >= 4 is 27.9 Å². The van der Waals surface area contributed by atoms with Crippen molar-refractivity contribution in [2.24, 2.45) is 5.73 Å². The molecule has 3 amide bonds. The molecule has 0 saturated carbocycles. The van der Waals surface area contributed by atoms with Crippen molar-refractivity contribution in [3.8, 4) is 0 Å². The third-order valence-electron chi connectivity index (χ3n) is 17.4. The van der Waals surface area contributed by atoms with Crippen LogP contribution in [0.4, 0.5) is 4.79 Å². The van der Waals surface area contributed by atoms with Crippen molar-refractivity contribution in [1.82, 2.24) is 5.32 Å². The van der Waals surface area contributed by atoms with E-state index in [4.69, 9.17) is 5.73 Å². The molecule has 0 aliphatic heterocycles. The van der Waals surface area contributed by atoms with E-state index in [-0.39, 0.29) is 5.91 Å². The van der Waals surface area contributed by atoms with Crippen LogP contribution in [0.25, 0.3) is 0 Å². The van der Waals surface area contributed by atoms with E-state index in [1.54, 1.807) is 0 Å². The number of nitrogens with two attached hydrogens (primary N) is 1. The Bertz CT molecular complexity index is 855. The highest BCUT2D eigenvalue weighted by Gasteiger charge is 2.32. The van der Waals surface area contributed by atoms with E-state index in [2.05, 4.69) is 127 Å². The van der Waals surface area contributed by atoms with Crippen molar-refractivity contribution in [3.63, 3.8) is 0 Å². The average Bonchev–Trinajstić information content (AvgIpc) is 1.24. The first kappa shape index (κ1) is 110. The van der Waals surface area contributed by atoms with Gasteiger partial charge in [-0.15, -0.1) is 0 Å². The summed E-state index contributed by atoms with van der Waals surface area (Å²) in [6.45, 7) is 40.0. The number of carbonyl (C=O) groups excluding carboxylic acids is 2. The van der Waals surface area contributed by atoms with Crippen LogP contribution in [0.15, 0.2) is 0 Å². The lowest BCUT2D eigenvalue weighted by atomic mass is 10.0. The number of carbonyl (C=O) groups is 2. The van der Waals surface area contributed by atoms with Gasteiger partial charge in [-0.3, -0.25) is 10.1 Å². The smallest absolute Gasteiger partial charge is 0.318 e. The van der Waals surface area contributed by atoms with E-state index in [1.165, 1.54) is 411 Å². The van der Waals surface area contributed by atoms with Crippen LogP contribution in [-0.4, -0.2) is 16.3 Å². The van der Waals surface area contributed by atoms with Gasteiger partial charge >= 0.3 is 6.03 Å². The molecular formula is C87H189BrN2O2. The van der Waals surface area contributed by atoms with Crippen molar-refractivity contribution in [1.29, 1.82) is 0 Å². The molecule has 0 aliphatic rings. The molecule has 3 N–H and O–H groups in total. The number of hydrogen-bond acceptors (Lipinski definition) is 2. The molecule has 0 fully saturated rings. The summed E-state index contributed by atoms with van der Waals surface area (Å²) >= 11 is 3.26. The molecule has 0 saturated heterocycles. The minimum absolute atomic E-state index is 0.375. The van der Waals surface area contributed by atoms with Crippen molar-refractivity contribution < 1.29 is 9.59 Å². The summed E-state index contributed by atoms with van der Waals surface area (Å²) in [7, 11) is 0. The zero-order valence-electron chi connectivity index (χ0n) is 68.4. The molecule has 0 heterocycles. The van der Waals surface area contributed by atoms with E-state index >= 15 is 0 Å². The van der Waals surface area contributed by atoms with Gasteiger partial charge in [-0.1, -0.05) is 551 Å². The number of nitrogens with one attached hydrogen (secondary N) is 1. The maximum Gasteiger partial charge on any atom is 0.318 e. The van der Waals surface area contributed by atoms with E-state index < -0.39 is 10.4 Å². The van der Waals surface area contributed by atoms with Crippen LogP contribution >= 0.6 is 15.9 Å². The predicted octanol–water partition coefficient (Wildman–Crippen LogP) is 34.3. The lowest BCUT2D eigenvalue weighted by molar-refractivity contribution is -0.122. The van der Waals surface area contributed by atoms with E-state index in [0.717, 1.165) is 0 Å². The molecule has 0 aromatic heterocycles. The third-order valence-corrected chi connectivity index (χ3v) is 18.9. The van der Waals surface area contributed by atoms with E-state index in [1.807, 2.05) is 19.2 Å². The molecule has 0 unspecified atom stereocenters. The summed E-state index contributed by atoms with van der Waals surface area (Å²) in [5.41, 5.74) is 4.81. The van der Waals surface area contributed by atoms with Crippen LogP contribution in [0.5, 0.6) is 0 Å². The highest BCUT2D eigenvalue weighted by molar-refractivity contribution is 9.10. The second-order valence-electron chi connectivity index (χ2n) is 27.5. The second kappa shape index (κ2) is 118. The zero-order valence-corrected chi connectivity index (χ0v) is 70.0. The maximum atomic E-state index is 11.3. The van der Waals surface area contributed by atoms with Crippen LogP contribution < -0.4 is 11.1 Å². The SMILES string of the molecule is CCC(Br)(CC)C(=O)NC(N)=O.CCCCCCCCCC.CCCCCCCCCC.CCCCCCCCCC.CCCCCCCCCC.CCCCCCCCCC.CCCCCCCCCC.CCCCCCCCCC.CCCCCCCCCC. The maximum absolute atomic E-state index is 11.3. The molecular weight excluding hydrogens is 1180 g/mol. The number of alkyl halides is 1. The van der Waals surface area contributed by atoms with Crippen LogP contribution in [0, 0.1) is 0 Å². The van der Waals surface area contributed by atoms with Crippen molar-refractivity contribution in [2.45, 2.75) is 553 Å². The van der Waals surface area contributed by atoms with Crippen LogP contribution in [0.1, 0.15) is 548 Å². The number of urea groups is 1. The summed E-state index contributed by atoms with van der Waals surface area (Å²) in [5.74, 6) is -0.375. The Morgan fingerprint density at radius 1 is 0.207 bits per heavy atom. The summed E-state index contributed by atoms with van der Waals surface area (Å²) < 4.78 is -0.665. The summed E-state index contributed by atoms with van der Waals surface area (Å²) in [6, 6.07) is -0.814.